The van der Waals surface area contributed by atoms with Gasteiger partial charge in [0, 0.05) is 25.6 Å². The van der Waals surface area contributed by atoms with Gasteiger partial charge >= 0.3 is 0 Å². The van der Waals surface area contributed by atoms with E-state index in [1.54, 1.807) is 0 Å². The topological polar surface area (TPSA) is 0 Å². The third kappa shape index (κ3) is 4.09. The predicted octanol–water partition coefficient (Wildman–Crippen LogP) is 14.8. The summed E-state index contributed by atoms with van der Waals surface area (Å²) >= 11 is 1.96. The molecule has 10 aromatic rings. The van der Waals surface area contributed by atoms with Crippen molar-refractivity contribution in [2.45, 2.75) is 19.3 Å². The van der Waals surface area contributed by atoms with Crippen molar-refractivity contribution in [3.63, 3.8) is 0 Å². The van der Waals surface area contributed by atoms with Gasteiger partial charge in [-0.2, -0.15) is 0 Å². The van der Waals surface area contributed by atoms with E-state index >= 15 is 0 Å². The smallest absolute Gasteiger partial charge is 0.0433 e. The molecule has 0 radical (unpaired) electrons. The molecule has 0 spiro atoms. The minimum atomic E-state index is -0.161. The number of hydrogen-bond acceptors (Lipinski definition) is 1. The molecule has 0 atom stereocenters. The lowest BCUT2D eigenvalue weighted by atomic mass is 9.78. The maximum atomic E-state index is 2.54. The number of hydrogen-bond donors (Lipinski definition) is 0. The molecule has 1 heterocycles. The second-order valence-corrected chi connectivity index (χ2v) is 15.8. The molecule has 244 valence electrons. The van der Waals surface area contributed by atoms with Crippen LogP contribution < -0.4 is 0 Å². The molecule has 9 aromatic carbocycles. The van der Waals surface area contributed by atoms with Gasteiger partial charge in [-0.05, 0) is 94.0 Å². The summed E-state index contributed by atoms with van der Waals surface area (Å²) < 4.78 is 2.73. The van der Waals surface area contributed by atoms with Gasteiger partial charge in [0.15, 0.2) is 0 Å². The van der Waals surface area contributed by atoms with Crippen molar-refractivity contribution in [2.24, 2.45) is 0 Å². The molecule has 0 nitrogen and oxygen atoms in total. The van der Waals surface area contributed by atoms with Crippen molar-refractivity contribution >= 4 is 63.8 Å². The Balaban J connectivity index is 1.27. The molecule has 11 rings (SSSR count). The van der Waals surface area contributed by atoms with Gasteiger partial charge in [-0.1, -0.05) is 178 Å². The maximum Gasteiger partial charge on any atom is 0.0433 e. The molecule has 0 unspecified atom stereocenters. The normalized spacial score (nSPS) is 13.3. The van der Waals surface area contributed by atoms with Crippen LogP contribution in [0.1, 0.15) is 25.0 Å². The van der Waals surface area contributed by atoms with Crippen LogP contribution in [0.3, 0.4) is 0 Å². The second kappa shape index (κ2) is 11.0. The SMILES string of the molecule is CC1(C)c2ccccc2-c2c(-c3c4ccccc4c(-c4ccc(-c5ccccc5)cc4)c4ccccc34)cc3sc4c5ccccc5ccc4c3c21. The van der Waals surface area contributed by atoms with Crippen LogP contribution in [0, 0.1) is 0 Å². The minimum absolute atomic E-state index is 0.161. The molecule has 0 saturated heterocycles. The average molecular weight is 679 g/mol. The highest BCUT2D eigenvalue weighted by Crippen LogP contribution is 2.59. The van der Waals surface area contributed by atoms with Crippen LogP contribution in [0.25, 0.3) is 97.0 Å². The molecular formula is C51H34S. The van der Waals surface area contributed by atoms with E-state index in [0.29, 0.717) is 0 Å². The van der Waals surface area contributed by atoms with E-state index < -0.39 is 0 Å². The highest BCUT2D eigenvalue weighted by molar-refractivity contribution is 7.26. The Morgan fingerprint density at radius 2 is 0.962 bits per heavy atom. The molecule has 0 aliphatic heterocycles. The largest absolute Gasteiger partial charge is 0.134 e. The van der Waals surface area contributed by atoms with Crippen LogP contribution in [0.5, 0.6) is 0 Å². The zero-order valence-electron chi connectivity index (χ0n) is 29.1. The summed E-state index contributed by atoms with van der Waals surface area (Å²) in [7, 11) is 0. The number of benzene rings is 9. The van der Waals surface area contributed by atoms with Gasteiger partial charge in [-0.15, -0.1) is 11.3 Å². The van der Waals surface area contributed by atoms with E-state index in [1.807, 2.05) is 11.3 Å². The van der Waals surface area contributed by atoms with Crippen LogP contribution in [0.2, 0.25) is 0 Å². The van der Waals surface area contributed by atoms with Crippen LogP contribution in [0.15, 0.2) is 170 Å². The average Bonchev–Trinajstić information content (AvgIpc) is 3.69. The zero-order chi connectivity index (χ0) is 34.6. The summed E-state index contributed by atoms with van der Waals surface area (Å²) in [6.07, 6.45) is 0. The van der Waals surface area contributed by atoms with E-state index in [2.05, 4.69) is 184 Å². The van der Waals surface area contributed by atoms with E-state index in [1.165, 1.54) is 108 Å². The molecule has 1 aliphatic carbocycles. The number of fused-ring (bicyclic) bond motifs is 11. The fourth-order valence-corrected chi connectivity index (χ4v) is 10.6. The van der Waals surface area contributed by atoms with Crippen LogP contribution in [-0.2, 0) is 5.41 Å². The highest BCUT2D eigenvalue weighted by Gasteiger charge is 2.40. The number of rotatable bonds is 3. The Morgan fingerprint density at radius 3 is 1.67 bits per heavy atom. The maximum absolute atomic E-state index is 2.54. The molecule has 1 heteroatoms. The zero-order valence-corrected chi connectivity index (χ0v) is 29.9. The quantitative estimate of drug-likeness (QED) is 0.163. The summed E-state index contributed by atoms with van der Waals surface area (Å²) in [5, 5.41) is 10.6. The Kier molecular flexibility index (Phi) is 6.27. The predicted molar refractivity (Wildman–Crippen MR) is 226 cm³/mol. The van der Waals surface area contributed by atoms with Gasteiger partial charge in [0.1, 0.15) is 0 Å². The molecule has 1 aliphatic rings. The Bertz CT molecular complexity index is 3010. The van der Waals surface area contributed by atoms with Gasteiger partial charge in [0.25, 0.3) is 0 Å². The third-order valence-corrected chi connectivity index (χ3v) is 12.8. The van der Waals surface area contributed by atoms with Gasteiger partial charge in [-0.25, -0.2) is 0 Å². The Morgan fingerprint density at radius 1 is 0.404 bits per heavy atom. The van der Waals surface area contributed by atoms with E-state index in [9.17, 15) is 0 Å². The van der Waals surface area contributed by atoms with Crippen molar-refractivity contribution in [1.29, 1.82) is 0 Å². The Hall–Kier alpha value is -6.02. The lowest BCUT2D eigenvalue weighted by molar-refractivity contribution is 0.667. The van der Waals surface area contributed by atoms with Gasteiger partial charge in [-0.3, -0.25) is 0 Å². The molecule has 52 heavy (non-hydrogen) atoms. The van der Waals surface area contributed by atoms with Crippen LogP contribution in [0.4, 0.5) is 0 Å². The van der Waals surface area contributed by atoms with Crippen molar-refractivity contribution in [3.05, 3.63) is 181 Å². The third-order valence-electron chi connectivity index (χ3n) is 11.6. The van der Waals surface area contributed by atoms with Crippen molar-refractivity contribution in [3.8, 4) is 44.5 Å². The minimum Gasteiger partial charge on any atom is -0.134 e. The first kappa shape index (κ1) is 29.7. The molecule has 0 fully saturated rings. The van der Waals surface area contributed by atoms with Gasteiger partial charge in [0.2, 0.25) is 0 Å². The van der Waals surface area contributed by atoms with Gasteiger partial charge < -0.3 is 0 Å². The molecular weight excluding hydrogens is 645 g/mol. The number of thiophene rings is 1. The van der Waals surface area contributed by atoms with Crippen LogP contribution in [-0.4, -0.2) is 0 Å². The molecule has 0 N–H and O–H groups in total. The van der Waals surface area contributed by atoms with Crippen LogP contribution >= 0.6 is 11.3 Å². The molecule has 0 bridgehead atoms. The molecule has 1 aromatic heterocycles. The summed E-state index contributed by atoms with van der Waals surface area (Å²) in [4.78, 5) is 0. The fraction of sp³-hybridized carbons (Fsp3) is 0.0588. The molecule has 0 amide bonds. The van der Waals surface area contributed by atoms with Crippen molar-refractivity contribution < 1.29 is 0 Å². The van der Waals surface area contributed by atoms with Crippen molar-refractivity contribution in [1.82, 2.24) is 0 Å². The van der Waals surface area contributed by atoms with Crippen molar-refractivity contribution in [2.75, 3.05) is 0 Å². The van der Waals surface area contributed by atoms with Gasteiger partial charge in [0.05, 0.1) is 0 Å². The first-order chi connectivity index (χ1) is 25.6. The monoisotopic (exact) mass is 678 g/mol. The lowest BCUT2D eigenvalue weighted by Gasteiger charge is -2.24. The van der Waals surface area contributed by atoms with E-state index in [-0.39, 0.29) is 5.41 Å². The Labute approximate surface area is 307 Å². The highest BCUT2D eigenvalue weighted by atomic mass is 32.1. The lowest BCUT2D eigenvalue weighted by Crippen LogP contribution is -2.15. The first-order valence-corrected chi connectivity index (χ1v) is 19.0. The first-order valence-electron chi connectivity index (χ1n) is 18.2. The summed E-state index contributed by atoms with van der Waals surface area (Å²) in [5.74, 6) is 0. The van der Waals surface area contributed by atoms with E-state index in [0.717, 1.165) is 0 Å². The standard InChI is InChI=1S/C51H34S/c1-51(2)43-23-13-12-22-40(43)47-42(30-44-48(49(47)51)41-29-28-33-16-6-7-17-35(33)50(41)52-44)46-38-20-10-8-18-36(38)45(37-19-9-11-21-39(37)46)34-26-24-32(25-27-34)31-14-4-3-5-15-31/h3-30H,1-2H3. The second-order valence-electron chi connectivity index (χ2n) is 14.8. The van der Waals surface area contributed by atoms with E-state index in [4.69, 9.17) is 0 Å². The summed E-state index contributed by atoms with van der Waals surface area (Å²) in [5.41, 5.74) is 13.1. The summed E-state index contributed by atoms with van der Waals surface area (Å²) in [6.45, 7) is 4.87. The summed E-state index contributed by atoms with van der Waals surface area (Å²) in [6, 6.07) is 63.2. The molecule has 0 saturated carbocycles. The fourth-order valence-electron chi connectivity index (χ4n) is 9.34.